The highest BCUT2D eigenvalue weighted by Crippen LogP contribution is 2.36. The van der Waals surface area contributed by atoms with Gasteiger partial charge in [0.15, 0.2) is 0 Å². The summed E-state index contributed by atoms with van der Waals surface area (Å²) in [5.41, 5.74) is 1.46. The summed E-state index contributed by atoms with van der Waals surface area (Å²) in [6, 6.07) is 8.78. The molecule has 0 bridgehead atoms. The molecule has 1 aromatic rings. The molecule has 1 aliphatic carbocycles. The minimum Gasteiger partial charge on any atom is -0.494 e. The monoisotopic (exact) mass is 346 g/mol. The number of hydrogen-bond acceptors (Lipinski definition) is 1. The van der Waals surface area contributed by atoms with Crippen LogP contribution >= 0.6 is 0 Å². The third-order valence-electron chi connectivity index (χ3n) is 5.30. The Morgan fingerprint density at radius 2 is 1.76 bits per heavy atom. The van der Waals surface area contributed by atoms with E-state index in [1.54, 1.807) is 0 Å². The van der Waals surface area contributed by atoms with Gasteiger partial charge in [0.05, 0.1) is 13.3 Å². The molecule has 0 amide bonds. The minimum atomic E-state index is -0.199. The second-order valence-electron chi connectivity index (χ2n) is 7.35. The van der Waals surface area contributed by atoms with Crippen LogP contribution in [0.2, 0.25) is 0 Å². The summed E-state index contributed by atoms with van der Waals surface area (Å²) < 4.78 is 17.9. The van der Waals surface area contributed by atoms with E-state index < -0.39 is 0 Å². The Bertz CT molecular complexity index is 471. The van der Waals surface area contributed by atoms with Crippen molar-refractivity contribution in [2.45, 2.75) is 77.0 Å². The molecule has 1 saturated carbocycles. The number of unbranched alkanes of at least 4 members (excludes halogenated alkanes) is 4. The molecule has 0 aliphatic heterocycles. The number of benzene rings is 1. The molecule has 2 rings (SSSR count). The standard InChI is InChI=1S/C23H35FO/c1-2-3-4-8-19-25-23-16-14-22(15-17-23)21-12-10-20(11-13-21)9-6-5-7-18-24/h6,9,14-17,20-21H,2-5,7-8,10-13,18-19H2,1H3/b9-6+. The number of hydrogen-bond donors (Lipinski definition) is 0. The third-order valence-corrected chi connectivity index (χ3v) is 5.30. The van der Waals surface area contributed by atoms with Crippen molar-refractivity contribution in [2.75, 3.05) is 13.3 Å². The molecular weight excluding hydrogens is 311 g/mol. The average Bonchev–Trinajstić information content (AvgIpc) is 2.66. The minimum absolute atomic E-state index is 0.199. The van der Waals surface area contributed by atoms with E-state index in [9.17, 15) is 4.39 Å². The van der Waals surface area contributed by atoms with E-state index >= 15 is 0 Å². The van der Waals surface area contributed by atoms with E-state index in [2.05, 4.69) is 43.3 Å². The van der Waals surface area contributed by atoms with E-state index in [-0.39, 0.29) is 6.67 Å². The Hall–Kier alpha value is -1.31. The zero-order valence-corrected chi connectivity index (χ0v) is 15.9. The highest BCUT2D eigenvalue weighted by atomic mass is 19.1. The van der Waals surface area contributed by atoms with E-state index in [4.69, 9.17) is 4.74 Å². The molecule has 1 aromatic carbocycles. The second kappa shape index (κ2) is 12.1. The molecule has 0 heterocycles. The summed E-state index contributed by atoms with van der Waals surface area (Å²) in [5, 5.41) is 0. The number of ether oxygens (including phenoxy) is 1. The molecule has 0 unspecified atom stereocenters. The van der Waals surface area contributed by atoms with Gasteiger partial charge in [-0.15, -0.1) is 0 Å². The summed E-state index contributed by atoms with van der Waals surface area (Å²) >= 11 is 0. The molecule has 0 aromatic heterocycles. The molecule has 25 heavy (non-hydrogen) atoms. The van der Waals surface area contributed by atoms with Crippen LogP contribution < -0.4 is 4.74 Å². The topological polar surface area (TPSA) is 9.23 Å². The van der Waals surface area contributed by atoms with Gasteiger partial charge in [0.2, 0.25) is 0 Å². The molecule has 140 valence electrons. The van der Waals surface area contributed by atoms with Crippen molar-refractivity contribution in [3.63, 3.8) is 0 Å². The number of rotatable bonds is 11. The van der Waals surface area contributed by atoms with Crippen molar-refractivity contribution in [2.24, 2.45) is 5.92 Å². The second-order valence-corrected chi connectivity index (χ2v) is 7.35. The van der Waals surface area contributed by atoms with Crippen LogP contribution in [0, 0.1) is 5.92 Å². The fraction of sp³-hybridized carbons (Fsp3) is 0.652. The van der Waals surface area contributed by atoms with Gasteiger partial charge < -0.3 is 4.74 Å². The first-order chi connectivity index (χ1) is 12.3. The first-order valence-electron chi connectivity index (χ1n) is 10.3. The van der Waals surface area contributed by atoms with Gasteiger partial charge in [-0.1, -0.05) is 50.5 Å². The molecule has 1 fully saturated rings. The Morgan fingerprint density at radius 3 is 2.44 bits per heavy atom. The Kier molecular flexibility index (Phi) is 9.69. The van der Waals surface area contributed by atoms with E-state index in [1.807, 2.05) is 0 Å². The third kappa shape index (κ3) is 7.63. The van der Waals surface area contributed by atoms with Crippen LogP contribution in [0.1, 0.15) is 82.6 Å². The van der Waals surface area contributed by atoms with E-state index in [0.29, 0.717) is 18.3 Å². The SMILES string of the molecule is CCCCCCOc1ccc(C2CCC(/C=C/CCCF)CC2)cc1. The number of halogens is 1. The molecule has 0 N–H and O–H groups in total. The first-order valence-corrected chi connectivity index (χ1v) is 10.3. The Labute approximate surface area is 153 Å². The molecule has 1 aliphatic rings. The molecule has 0 spiro atoms. The van der Waals surface area contributed by atoms with Gasteiger partial charge in [0.25, 0.3) is 0 Å². The summed E-state index contributed by atoms with van der Waals surface area (Å²) in [6.07, 6.45) is 16.1. The Balaban J connectivity index is 1.69. The average molecular weight is 347 g/mol. The van der Waals surface area contributed by atoms with Gasteiger partial charge in [0.1, 0.15) is 5.75 Å². The first kappa shape index (κ1) is 20.0. The van der Waals surface area contributed by atoms with Crippen LogP contribution in [0.25, 0.3) is 0 Å². The van der Waals surface area contributed by atoms with Crippen molar-refractivity contribution < 1.29 is 9.13 Å². The number of allylic oxidation sites excluding steroid dienone is 2. The normalized spacial score (nSPS) is 20.9. The van der Waals surface area contributed by atoms with E-state index in [1.165, 1.54) is 50.5 Å². The molecule has 2 heteroatoms. The summed E-state index contributed by atoms with van der Waals surface area (Å²) in [7, 11) is 0. The van der Waals surface area contributed by atoms with Crippen LogP contribution in [0.15, 0.2) is 36.4 Å². The van der Waals surface area contributed by atoms with Crippen molar-refractivity contribution in [3.05, 3.63) is 42.0 Å². The van der Waals surface area contributed by atoms with Gasteiger partial charge in [-0.3, -0.25) is 4.39 Å². The van der Waals surface area contributed by atoms with Crippen molar-refractivity contribution in [3.8, 4) is 5.75 Å². The fourth-order valence-corrected chi connectivity index (χ4v) is 3.68. The largest absolute Gasteiger partial charge is 0.494 e. The van der Waals surface area contributed by atoms with Crippen LogP contribution in [0.4, 0.5) is 4.39 Å². The lowest BCUT2D eigenvalue weighted by Gasteiger charge is -2.27. The van der Waals surface area contributed by atoms with Crippen LogP contribution in [-0.4, -0.2) is 13.3 Å². The quantitative estimate of drug-likeness (QED) is 0.303. The van der Waals surface area contributed by atoms with Gasteiger partial charge in [-0.2, -0.15) is 0 Å². The molecule has 1 nitrogen and oxygen atoms in total. The lowest BCUT2D eigenvalue weighted by molar-refractivity contribution is 0.304. The molecule has 0 radical (unpaired) electrons. The van der Waals surface area contributed by atoms with Crippen molar-refractivity contribution in [1.29, 1.82) is 0 Å². The fourth-order valence-electron chi connectivity index (χ4n) is 3.68. The number of alkyl halides is 1. The van der Waals surface area contributed by atoms with Crippen molar-refractivity contribution >= 4 is 0 Å². The Morgan fingerprint density at radius 1 is 1.00 bits per heavy atom. The maximum Gasteiger partial charge on any atom is 0.119 e. The van der Waals surface area contributed by atoms with Gasteiger partial charge in [-0.05, 0) is 74.5 Å². The van der Waals surface area contributed by atoms with Gasteiger partial charge in [0, 0.05) is 0 Å². The van der Waals surface area contributed by atoms with Crippen LogP contribution in [0.3, 0.4) is 0 Å². The van der Waals surface area contributed by atoms with Gasteiger partial charge in [-0.25, -0.2) is 0 Å². The van der Waals surface area contributed by atoms with Crippen LogP contribution in [-0.2, 0) is 0 Å². The maximum atomic E-state index is 12.1. The van der Waals surface area contributed by atoms with E-state index in [0.717, 1.165) is 25.2 Å². The summed E-state index contributed by atoms with van der Waals surface area (Å²) in [6.45, 7) is 2.87. The summed E-state index contributed by atoms with van der Waals surface area (Å²) in [5.74, 6) is 2.39. The molecular formula is C23H35FO. The molecule has 0 saturated heterocycles. The highest BCUT2D eigenvalue weighted by Gasteiger charge is 2.20. The zero-order chi connectivity index (χ0) is 17.7. The lowest BCUT2D eigenvalue weighted by atomic mass is 9.78. The zero-order valence-electron chi connectivity index (χ0n) is 15.9. The lowest BCUT2D eigenvalue weighted by Crippen LogP contribution is -2.11. The molecule has 0 atom stereocenters. The smallest absolute Gasteiger partial charge is 0.119 e. The predicted octanol–water partition coefficient (Wildman–Crippen LogP) is 7.23. The van der Waals surface area contributed by atoms with Crippen molar-refractivity contribution in [1.82, 2.24) is 0 Å². The van der Waals surface area contributed by atoms with Crippen LogP contribution in [0.5, 0.6) is 5.75 Å². The summed E-state index contributed by atoms with van der Waals surface area (Å²) in [4.78, 5) is 0. The maximum absolute atomic E-state index is 12.1. The predicted molar refractivity (Wildman–Crippen MR) is 105 cm³/mol. The highest BCUT2D eigenvalue weighted by molar-refractivity contribution is 5.29. The van der Waals surface area contributed by atoms with Gasteiger partial charge >= 0.3 is 0 Å².